The van der Waals surface area contributed by atoms with E-state index in [1.54, 1.807) is 18.2 Å². The molecule has 1 heterocycles. The molecule has 0 amide bonds. The fourth-order valence-electron chi connectivity index (χ4n) is 1.51. The number of aromatic carboxylic acids is 1. The Morgan fingerprint density at radius 3 is 2.75 bits per heavy atom. The molecule has 0 spiro atoms. The monoisotopic (exact) mass is 385 g/mol. The summed E-state index contributed by atoms with van der Waals surface area (Å²) in [5.74, 6) is -1.26. The number of carboxylic acid groups (broad SMARTS) is 1. The maximum atomic E-state index is 11.0. The predicted molar refractivity (Wildman–Crippen MR) is 80.3 cm³/mol. The van der Waals surface area contributed by atoms with Crippen molar-refractivity contribution in [3.8, 4) is 0 Å². The number of nitrogens with one attached hydrogen (secondary N) is 1. The number of carbonyl (C=O) groups is 1. The molecule has 0 saturated carbocycles. The Balaban J connectivity index is 2.41. The fourth-order valence-corrected chi connectivity index (χ4v) is 2.05. The average molecular weight is 385 g/mol. The van der Waals surface area contributed by atoms with E-state index in [4.69, 9.17) is 5.11 Å². The molecule has 1 aromatic carbocycles. The van der Waals surface area contributed by atoms with Gasteiger partial charge < -0.3 is 10.4 Å². The van der Waals surface area contributed by atoms with E-state index in [0.717, 1.165) is 15.8 Å². The van der Waals surface area contributed by atoms with Crippen LogP contribution < -0.4 is 5.32 Å². The van der Waals surface area contributed by atoms with Crippen molar-refractivity contribution in [2.75, 3.05) is 5.32 Å². The molecule has 1 aromatic heterocycles. The maximum absolute atomic E-state index is 11.0. The lowest BCUT2D eigenvalue weighted by Gasteiger charge is -2.07. The van der Waals surface area contributed by atoms with Crippen molar-refractivity contribution >= 4 is 45.8 Å². The number of aromatic nitrogens is 1. The van der Waals surface area contributed by atoms with Crippen LogP contribution in [-0.4, -0.2) is 21.0 Å². The molecular weight excluding hydrogens is 377 g/mol. The van der Waals surface area contributed by atoms with E-state index in [9.17, 15) is 14.9 Å². The van der Waals surface area contributed by atoms with Gasteiger partial charge in [0.25, 0.3) is 0 Å². The van der Waals surface area contributed by atoms with Crippen molar-refractivity contribution in [1.29, 1.82) is 0 Å². The first-order valence-electron chi connectivity index (χ1n) is 5.37. The second-order valence-corrected chi connectivity index (χ2v) is 5.03. The lowest BCUT2D eigenvalue weighted by atomic mass is 10.2. The maximum Gasteiger partial charge on any atom is 0.337 e. The van der Waals surface area contributed by atoms with Crippen LogP contribution >= 0.6 is 22.6 Å². The van der Waals surface area contributed by atoms with E-state index in [2.05, 4.69) is 32.9 Å². The number of halogens is 1. The number of carboxylic acids is 1. The van der Waals surface area contributed by atoms with Gasteiger partial charge in [-0.15, -0.1) is 0 Å². The SMILES string of the molecule is O=C(O)c1cnc(Nc2cccc(I)c2)c([N+](=O)[O-])c1. The van der Waals surface area contributed by atoms with Crippen LogP contribution in [0.15, 0.2) is 36.5 Å². The highest BCUT2D eigenvalue weighted by molar-refractivity contribution is 14.1. The summed E-state index contributed by atoms with van der Waals surface area (Å²) in [4.78, 5) is 24.9. The number of nitro groups is 1. The summed E-state index contributed by atoms with van der Waals surface area (Å²) >= 11 is 2.11. The van der Waals surface area contributed by atoms with Crippen molar-refractivity contribution in [1.82, 2.24) is 4.98 Å². The molecule has 0 atom stereocenters. The summed E-state index contributed by atoms with van der Waals surface area (Å²) in [5, 5.41) is 22.6. The van der Waals surface area contributed by atoms with Crippen molar-refractivity contribution in [3.05, 3.63) is 55.8 Å². The molecule has 8 heteroatoms. The van der Waals surface area contributed by atoms with E-state index in [0.29, 0.717) is 5.69 Å². The van der Waals surface area contributed by atoms with Crippen molar-refractivity contribution in [2.24, 2.45) is 0 Å². The lowest BCUT2D eigenvalue weighted by Crippen LogP contribution is -2.04. The number of hydrogen-bond donors (Lipinski definition) is 2. The van der Waals surface area contributed by atoms with Crippen LogP contribution in [0.25, 0.3) is 0 Å². The highest BCUT2D eigenvalue weighted by atomic mass is 127. The van der Waals surface area contributed by atoms with Crippen molar-refractivity contribution < 1.29 is 14.8 Å². The second-order valence-electron chi connectivity index (χ2n) is 3.79. The zero-order valence-corrected chi connectivity index (χ0v) is 12.1. The van der Waals surface area contributed by atoms with Gasteiger partial charge in [-0.05, 0) is 40.8 Å². The van der Waals surface area contributed by atoms with Gasteiger partial charge in [0.1, 0.15) is 0 Å². The molecule has 0 radical (unpaired) electrons. The van der Waals surface area contributed by atoms with Crippen molar-refractivity contribution in [3.63, 3.8) is 0 Å². The Hall–Kier alpha value is -2.23. The second kappa shape index (κ2) is 5.82. The number of anilines is 2. The minimum atomic E-state index is -1.26. The highest BCUT2D eigenvalue weighted by Gasteiger charge is 2.19. The number of hydrogen-bond acceptors (Lipinski definition) is 5. The van der Waals surface area contributed by atoms with E-state index in [-0.39, 0.29) is 17.1 Å². The Morgan fingerprint density at radius 2 is 2.15 bits per heavy atom. The first-order valence-corrected chi connectivity index (χ1v) is 6.45. The Bertz CT molecular complexity index is 690. The normalized spacial score (nSPS) is 10.1. The summed E-state index contributed by atoms with van der Waals surface area (Å²) in [6.07, 6.45) is 1.07. The molecule has 7 nitrogen and oxygen atoms in total. The zero-order chi connectivity index (χ0) is 14.7. The molecule has 20 heavy (non-hydrogen) atoms. The largest absolute Gasteiger partial charge is 0.478 e. The minimum Gasteiger partial charge on any atom is -0.478 e. The van der Waals surface area contributed by atoms with Gasteiger partial charge >= 0.3 is 11.7 Å². The summed E-state index contributed by atoms with van der Waals surface area (Å²) in [6, 6.07) is 8.17. The Kier molecular flexibility index (Phi) is 4.13. The number of benzene rings is 1. The van der Waals surface area contributed by atoms with E-state index in [1.807, 2.05) is 6.07 Å². The molecule has 2 N–H and O–H groups in total. The first kappa shape index (κ1) is 14.2. The number of nitrogens with zero attached hydrogens (tertiary/aromatic N) is 2. The molecule has 0 fully saturated rings. The van der Waals surface area contributed by atoms with Crippen LogP contribution in [0.2, 0.25) is 0 Å². The van der Waals surface area contributed by atoms with Crippen LogP contribution in [0.4, 0.5) is 17.2 Å². The summed E-state index contributed by atoms with van der Waals surface area (Å²) in [5.41, 5.74) is 0.0178. The van der Waals surface area contributed by atoms with Gasteiger partial charge in [0.15, 0.2) is 0 Å². The minimum absolute atomic E-state index is 0.00185. The third-order valence-corrected chi connectivity index (χ3v) is 3.07. The highest BCUT2D eigenvalue weighted by Crippen LogP contribution is 2.26. The molecule has 2 rings (SSSR count). The quantitative estimate of drug-likeness (QED) is 0.476. The van der Waals surface area contributed by atoms with Crippen LogP contribution in [0, 0.1) is 13.7 Å². The zero-order valence-electron chi connectivity index (χ0n) is 9.91. The molecule has 0 unspecified atom stereocenters. The molecule has 0 aliphatic rings. The van der Waals surface area contributed by atoms with Gasteiger partial charge in [-0.2, -0.15) is 0 Å². The van der Waals surface area contributed by atoms with Crippen LogP contribution in [-0.2, 0) is 0 Å². The first-order chi connectivity index (χ1) is 9.47. The van der Waals surface area contributed by atoms with Gasteiger partial charge in [-0.25, -0.2) is 9.78 Å². The number of pyridine rings is 1. The third kappa shape index (κ3) is 3.20. The smallest absolute Gasteiger partial charge is 0.337 e. The summed E-state index contributed by atoms with van der Waals surface area (Å²) in [6.45, 7) is 0. The fraction of sp³-hybridized carbons (Fsp3) is 0. The molecule has 0 saturated heterocycles. The van der Waals surface area contributed by atoms with Gasteiger partial charge in [0.05, 0.1) is 10.5 Å². The lowest BCUT2D eigenvalue weighted by molar-refractivity contribution is -0.384. The van der Waals surface area contributed by atoms with E-state index >= 15 is 0 Å². The van der Waals surface area contributed by atoms with Gasteiger partial charge in [0, 0.05) is 21.5 Å². The van der Waals surface area contributed by atoms with E-state index in [1.165, 1.54) is 0 Å². The predicted octanol–water partition coefficient (Wildman–Crippen LogP) is 3.04. The molecule has 0 aliphatic heterocycles. The van der Waals surface area contributed by atoms with Crippen LogP contribution in [0.5, 0.6) is 0 Å². The van der Waals surface area contributed by atoms with Crippen molar-refractivity contribution in [2.45, 2.75) is 0 Å². The van der Waals surface area contributed by atoms with Gasteiger partial charge in [0.2, 0.25) is 5.82 Å². The third-order valence-electron chi connectivity index (χ3n) is 2.40. The van der Waals surface area contributed by atoms with Gasteiger partial charge in [-0.3, -0.25) is 10.1 Å². The van der Waals surface area contributed by atoms with Gasteiger partial charge in [-0.1, -0.05) is 6.07 Å². The number of rotatable bonds is 4. The molecule has 0 bridgehead atoms. The Morgan fingerprint density at radius 1 is 1.40 bits per heavy atom. The average Bonchev–Trinajstić information content (AvgIpc) is 2.38. The molecule has 2 aromatic rings. The standard InChI is InChI=1S/C12H8IN3O4/c13-8-2-1-3-9(5-8)15-11-10(16(19)20)4-7(6-14-11)12(17)18/h1-6H,(H,14,15)(H,17,18). The molecule has 0 aliphatic carbocycles. The summed E-state index contributed by atoms with van der Waals surface area (Å²) < 4.78 is 0.956. The topological polar surface area (TPSA) is 105 Å². The summed E-state index contributed by atoms with van der Waals surface area (Å²) in [7, 11) is 0. The molecular formula is C12H8IN3O4. The van der Waals surface area contributed by atoms with Crippen LogP contribution in [0.1, 0.15) is 10.4 Å². The van der Waals surface area contributed by atoms with E-state index < -0.39 is 10.9 Å². The van der Waals surface area contributed by atoms with Crippen LogP contribution in [0.3, 0.4) is 0 Å². The Labute approximate surface area is 126 Å². The molecule has 102 valence electrons.